The van der Waals surface area contributed by atoms with Gasteiger partial charge in [-0.2, -0.15) is 0 Å². The minimum atomic E-state index is -0.0617. The third-order valence-corrected chi connectivity index (χ3v) is 4.44. The average molecular weight is 346 g/mol. The molecule has 0 aromatic heterocycles. The summed E-state index contributed by atoms with van der Waals surface area (Å²) in [5.74, 6) is 1.08. The molecule has 1 aromatic rings. The summed E-state index contributed by atoms with van der Waals surface area (Å²) in [7, 11) is 3.10. The molecule has 0 unspecified atom stereocenters. The first kappa shape index (κ1) is 18.8. The molecule has 1 heterocycles. The number of benzene rings is 1. The van der Waals surface area contributed by atoms with E-state index in [1.54, 1.807) is 48.3 Å². The van der Waals surface area contributed by atoms with E-state index in [2.05, 4.69) is 0 Å². The molecular formula is C19H26N2O4. The summed E-state index contributed by atoms with van der Waals surface area (Å²) in [6.45, 7) is 6.13. The summed E-state index contributed by atoms with van der Waals surface area (Å²) >= 11 is 0. The molecule has 1 aromatic carbocycles. The molecule has 25 heavy (non-hydrogen) atoms. The maximum Gasteiger partial charge on any atom is 0.254 e. The molecule has 2 rings (SSSR count). The number of carbonyl (C=O) groups excluding carboxylic acids is 2. The number of methoxy groups -OCH3 is 2. The van der Waals surface area contributed by atoms with E-state index in [-0.39, 0.29) is 11.8 Å². The lowest BCUT2D eigenvalue weighted by Gasteiger charge is -2.34. The Morgan fingerprint density at radius 2 is 1.64 bits per heavy atom. The second-order valence-electron chi connectivity index (χ2n) is 6.03. The summed E-state index contributed by atoms with van der Waals surface area (Å²) in [5.41, 5.74) is 1.62. The second-order valence-corrected chi connectivity index (χ2v) is 6.03. The molecule has 136 valence electrons. The molecule has 0 aliphatic carbocycles. The van der Waals surface area contributed by atoms with Gasteiger partial charge < -0.3 is 19.3 Å². The van der Waals surface area contributed by atoms with Gasteiger partial charge in [-0.3, -0.25) is 9.59 Å². The van der Waals surface area contributed by atoms with Gasteiger partial charge in [-0.1, -0.05) is 12.5 Å². The fourth-order valence-electron chi connectivity index (χ4n) is 2.69. The van der Waals surface area contributed by atoms with Crippen molar-refractivity contribution in [3.05, 3.63) is 35.4 Å². The predicted molar refractivity (Wildman–Crippen MR) is 96.1 cm³/mol. The largest absolute Gasteiger partial charge is 0.493 e. The molecule has 6 nitrogen and oxygen atoms in total. The minimum Gasteiger partial charge on any atom is -0.493 e. The number of allylic oxidation sites excluding steroid dienone is 1. The molecule has 1 aliphatic rings. The van der Waals surface area contributed by atoms with Crippen LogP contribution in [0.5, 0.6) is 11.5 Å². The van der Waals surface area contributed by atoms with Crippen molar-refractivity contribution in [2.45, 2.75) is 20.3 Å². The predicted octanol–water partition coefficient (Wildman–Crippen LogP) is 2.34. The van der Waals surface area contributed by atoms with Crippen LogP contribution in [0.2, 0.25) is 0 Å². The summed E-state index contributed by atoms with van der Waals surface area (Å²) in [5, 5.41) is 0. The van der Waals surface area contributed by atoms with E-state index in [0.717, 1.165) is 12.0 Å². The Morgan fingerprint density at radius 3 is 2.20 bits per heavy atom. The minimum absolute atomic E-state index is 0.0255. The molecule has 0 spiro atoms. The van der Waals surface area contributed by atoms with Crippen molar-refractivity contribution in [2.75, 3.05) is 40.4 Å². The molecule has 0 radical (unpaired) electrons. The van der Waals surface area contributed by atoms with Crippen molar-refractivity contribution < 1.29 is 19.1 Å². The second kappa shape index (κ2) is 8.55. The lowest BCUT2D eigenvalue weighted by Crippen LogP contribution is -2.50. The highest BCUT2D eigenvalue weighted by Gasteiger charge is 2.24. The topological polar surface area (TPSA) is 59.1 Å². The Hall–Kier alpha value is -2.50. The van der Waals surface area contributed by atoms with Gasteiger partial charge in [0.1, 0.15) is 0 Å². The normalized spacial score (nSPS) is 15.1. The number of ether oxygens (including phenoxy) is 2. The number of rotatable bonds is 5. The number of amides is 2. The van der Waals surface area contributed by atoms with Gasteiger partial charge in [-0.05, 0) is 31.5 Å². The third kappa shape index (κ3) is 4.53. The van der Waals surface area contributed by atoms with E-state index >= 15 is 0 Å². The van der Waals surface area contributed by atoms with E-state index in [4.69, 9.17) is 9.47 Å². The maximum absolute atomic E-state index is 12.7. The van der Waals surface area contributed by atoms with E-state index in [9.17, 15) is 9.59 Å². The Morgan fingerprint density at radius 1 is 1.04 bits per heavy atom. The lowest BCUT2D eigenvalue weighted by molar-refractivity contribution is -0.127. The summed E-state index contributed by atoms with van der Waals surface area (Å²) in [6.07, 6.45) is 2.55. The van der Waals surface area contributed by atoms with Crippen LogP contribution >= 0.6 is 0 Å². The van der Waals surface area contributed by atoms with Crippen LogP contribution in [0.4, 0.5) is 0 Å². The van der Waals surface area contributed by atoms with Crippen molar-refractivity contribution in [3.63, 3.8) is 0 Å². The molecule has 0 saturated carbocycles. The van der Waals surface area contributed by atoms with Gasteiger partial charge >= 0.3 is 0 Å². The molecule has 1 aliphatic heterocycles. The Labute approximate surface area is 149 Å². The SMILES string of the molecule is CC/C(C)=C/C(=O)N1CCN(C(=O)c2ccc(OC)c(OC)c2)CC1. The Balaban J connectivity index is 2.01. The fraction of sp³-hybridized carbons (Fsp3) is 0.474. The smallest absolute Gasteiger partial charge is 0.254 e. The van der Waals surface area contributed by atoms with Gasteiger partial charge in [-0.25, -0.2) is 0 Å². The molecule has 0 bridgehead atoms. The quantitative estimate of drug-likeness (QED) is 0.768. The van der Waals surface area contributed by atoms with Crippen LogP contribution in [0.15, 0.2) is 29.8 Å². The number of hydrogen-bond donors (Lipinski definition) is 0. The first-order chi connectivity index (χ1) is 12.0. The highest BCUT2D eigenvalue weighted by molar-refractivity contribution is 5.95. The van der Waals surface area contributed by atoms with Crippen LogP contribution in [0.3, 0.4) is 0 Å². The zero-order valence-electron chi connectivity index (χ0n) is 15.4. The number of carbonyl (C=O) groups is 2. The monoisotopic (exact) mass is 346 g/mol. The molecule has 2 amide bonds. The standard InChI is InChI=1S/C19H26N2O4/c1-5-14(2)12-18(22)20-8-10-21(11-9-20)19(23)15-6-7-16(24-3)17(13-15)25-4/h6-7,12-13H,5,8-11H2,1-4H3/b14-12+. The van der Waals surface area contributed by atoms with Gasteiger partial charge in [0.15, 0.2) is 11.5 Å². The summed E-state index contributed by atoms with van der Waals surface area (Å²) in [4.78, 5) is 28.4. The summed E-state index contributed by atoms with van der Waals surface area (Å²) < 4.78 is 10.5. The summed E-state index contributed by atoms with van der Waals surface area (Å²) in [6, 6.07) is 5.14. The van der Waals surface area contributed by atoms with Crippen LogP contribution in [0.1, 0.15) is 30.6 Å². The third-order valence-electron chi connectivity index (χ3n) is 4.44. The van der Waals surface area contributed by atoms with E-state index < -0.39 is 0 Å². The van der Waals surface area contributed by atoms with Crippen LogP contribution in [-0.4, -0.2) is 62.0 Å². The average Bonchev–Trinajstić information content (AvgIpc) is 2.66. The number of hydrogen-bond acceptors (Lipinski definition) is 4. The Kier molecular flexibility index (Phi) is 6.44. The molecular weight excluding hydrogens is 320 g/mol. The molecule has 0 atom stereocenters. The van der Waals surface area contributed by atoms with Crippen molar-refractivity contribution in [1.82, 2.24) is 9.80 Å². The van der Waals surface area contributed by atoms with Crippen molar-refractivity contribution in [2.24, 2.45) is 0 Å². The van der Waals surface area contributed by atoms with E-state index in [1.165, 1.54) is 0 Å². The van der Waals surface area contributed by atoms with Crippen molar-refractivity contribution in [1.29, 1.82) is 0 Å². The first-order valence-electron chi connectivity index (χ1n) is 8.47. The van der Waals surface area contributed by atoms with Crippen LogP contribution in [0, 0.1) is 0 Å². The van der Waals surface area contributed by atoms with Crippen molar-refractivity contribution >= 4 is 11.8 Å². The van der Waals surface area contributed by atoms with Gasteiger partial charge in [0.05, 0.1) is 14.2 Å². The van der Waals surface area contributed by atoms with Gasteiger partial charge in [0.2, 0.25) is 5.91 Å². The Bertz CT molecular complexity index is 661. The maximum atomic E-state index is 12.7. The van der Waals surface area contributed by atoms with Gasteiger partial charge in [0.25, 0.3) is 5.91 Å². The molecule has 0 N–H and O–H groups in total. The van der Waals surface area contributed by atoms with E-state index in [1.807, 2.05) is 13.8 Å². The first-order valence-corrected chi connectivity index (χ1v) is 8.47. The molecule has 1 saturated heterocycles. The molecule has 6 heteroatoms. The van der Waals surface area contributed by atoms with Crippen LogP contribution in [0.25, 0.3) is 0 Å². The van der Waals surface area contributed by atoms with Gasteiger partial charge in [-0.15, -0.1) is 0 Å². The van der Waals surface area contributed by atoms with Crippen LogP contribution in [-0.2, 0) is 4.79 Å². The fourth-order valence-corrected chi connectivity index (χ4v) is 2.69. The van der Waals surface area contributed by atoms with Crippen molar-refractivity contribution in [3.8, 4) is 11.5 Å². The zero-order chi connectivity index (χ0) is 18.4. The van der Waals surface area contributed by atoms with Gasteiger partial charge in [0, 0.05) is 37.8 Å². The zero-order valence-corrected chi connectivity index (χ0v) is 15.4. The molecule has 1 fully saturated rings. The number of piperazine rings is 1. The van der Waals surface area contributed by atoms with E-state index in [0.29, 0.717) is 43.2 Å². The highest BCUT2D eigenvalue weighted by Crippen LogP contribution is 2.28. The lowest BCUT2D eigenvalue weighted by atomic mass is 10.1. The van der Waals surface area contributed by atoms with Crippen LogP contribution < -0.4 is 9.47 Å². The number of nitrogens with zero attached hydrogens (tertiary/aromatic N) is 2. The highest BCUT2D eigenvalue weighted by atomic mass is 16.5.